The van der Waals surface area contributed by atoms with Gasteiger partial charge in [0, 0.05) is 13.2 Å². The third kappa shape index (κ3) is 2.66. The van der Waals surface area contributed by atoms with Crippen LogP contribution in [0.2, 0.25) is 0 Å². The number of amides is 1. The molecule has 104 valence electrons. The average Bonchev–Trinajstić information content (AvgIpc) is 2.86. The van der Waals surface area contributed by atoms with E-state index >= 15 is 0 Å². The average molecular weight is 274 g/mol. The number of nitrogens with one attached hydrogen (secondary N) is 1. The van der Waals surface area contributed by atoms with Gasteiger partial charge >= 0.3 is 5.97 Å². The Balaban J connectivity index is 2.20. The molecule has 7 nitrogen and oxygen atoms in total. The molecule has 0 aliphatic heterocycles. The first-order valence-electron chi connectivity index (χ1n) is 5.88. The number of rotatable bonds is 3. The lowest BCUT2D eigenvalue weighted by molar-refractivity contribution is 0.0594. The van der Waals surface area contributed by atoms with Crippen LogP contribution in [0.15, 0.2) is 24.4 Å². The van der Waals surface area contributed by atoms with Crippen molar-refractivity contribution in [1.82, 2.24) is 14.8 Å². The van der Waals surface area contributed by atoms with E-state index in [0.29, 0.717) is 17.1 Å². The molecule has 0 aliphatic carbocycles. The summed E-state index contributed by atoms with van der Waals surface area (Å²) in [5.41, 5.74) is 1.69. The number of pyridine rings is 1. The number of hydrogen-bond acceptors (Lipinski definition) is 5. The maximum Gasteiger partial charge on any atom is 0.356 e. The third-order valence-corrected chi connectivity index (χ3v) is 2.78. The molecule has 0 radical (unpaired) electrons. The number of carbonyl (C=O) groups is 2. The Bertz CT molecular complexity index is 663. The van der Waals surface area contributed by atoms with Crippen LogP contribution < -0.4 is 5.32 Å². The van der Waals surface area contributed by atoms with Crippen molar-refractivity contribution in [2.45, 2.75) is 6.92 Å². The van der Waals surface area contributed by atoms with Gasteiger partial charge in [-0.1, -0.05) is 0 Å². The van der Waals surface area contributed by atoms with Crippen LogP contribution in [-0.2, 0) is 11.8 Å². The van der Waals surface area contributed by atoms with Crippen LogP contribution in [0.3, 0.4) is 0 Å². The van der Waals surface area contributed by atoms with Crippen LogP contribution in [0.25, 0.3) is 0 Å². The number of aromatic nitrogens is 3. The van der Waals surface area contributed by atoms with Crippen molar-refractivity contribution in [1.29, 1.82) is 0 Å². The molecule has 0 saturated heterocycles. The molecule has 2 rings (SSSR count). The lowest BCUT2D eigenvalue weighted by Crippen LogP contribution is -2.17. The molecule has 0 fully saturated rings. The highest BCUT2D eigenvalue weighted by atomic mass is 16.5. The molecule has 2 aromatic heterocycles. The molecule has 1 N–H and O–H groups in total. The standard InChI is InChI=1S/C13H14N4O3/c1-8-9(4-5-10(15-8)13(19)20-3)16-12(18)11-6-7-14-17(11)2/h4-7H,1-3H3,(H,16,18). The smallest absolute Gasteiger partial charge is 0.356 e. The van der Waals surface area contributed by atoms with E-state index in [2.05, 4.69) is 20.1 Å². The monoisotopic (exact) mass is 274 g/mol. The van der Waals surface area contributed by atoms with E-state index in [4.69, 9.17) is 0 Å². The number of carbonyl (C=O) groups excluding carboxylic acids is 2. The first-order valence-corrected chi connectivity index (χ1v) is 5.88. The van der Waals surface area contributed by atoms with Crippen molar-refractivity contribution in [3.63, 3.8) is 0 Å². The first-order chi connectivity index (χ1) is 9.52. The number of hydrogen-bond donors (Lipinski definition) is 1. The predicted octanol–water partition coefficient (Wildman–Crippen LogP) is 1.16. The number of methoxy groups -OCH3 is 1. The maximum absolute atomic E-state index is 12.0. The zero-order chi connectivity index (χ0) is 14.7. The summed E-state index contributed by atoms with van der Waals surface area (Å²) < 4.78 is 6.06. The van der Waals surface area contributed by atoms with Gasteiger partial charge in [-0.2, -0.15) is 5.10 Å². The van der Waals surface area contributed by atoms with Gasteiger partial charge in [0.2, 0.25) is 0 Å². The lowest BCUT2D eigenvalue weighted by atomic mass is 10.2. The van der Waals surface area contributed by atoms with Crippen LogP contribution in [0, 0.1) is 6.92 Å². The highest BCUT2D eigenvalue weighted by Gasteiger charge is 2.14. The Kier molecular flexibility index (Phi) is 3.79. The first kappa shape index (κ1) is 13.7. The Morgan fingerprint density at radius 1 is 1.30 bits per heavy atom. The van der Waals surface area contributed by atoms with Crippen LogP contribution >= 0.6 is 0 Å². The fourth-order valence-corrected chi connectivity index (χ4v) is 1.69. The minimum atomic E-state index is -0.516. The van der Waals surface area contributed by atoms with Crippen LogP contribution in [0.1, 0.15) is 26.7 Å². The maximum atomic E-state index is 12.0. The second-order valence-corrected chi connectivity index (χ2v) is 4.12. The van der Waals surface area contributed by atoms with Crippen molar-refractivity contribution in [3.05, 3.63) is 41.5 Å². The number of aryl methyl sites for hydroxylation is 2. The Labute approximate surface area is 115 Å². The van der Waals surface area contributed by atoms with Crippen molar-refractivity contribution >= 4 is 17.6 Å². The highest BCUT2D eigenvalue weighted by molar-refractivity contribution is 6.03. The fraction of sp³-hybridized carbons (Fsp3) is 0.231. The van der Waals surface area contributed by atoms with Crippen molar-refractivity contribution in [3.8, 4) is 0 Å². The van der Waals surface area contributed by atoms with Gasteiger partial charge in [0.15, 0.2) is 0 Å². The van der Waals surface area contributed by atoms with Gasteiger partial charge in [0.1, 0.15) is 11.4 Å². The van der Waals surface area contributed by atoms with Crippen LogP contribution in [0.5, 0.6) is 0 Å². The van der Waals surface area contributed by atoms with Gasteiger partial charge in [-0.3, -0.25) is 9.48 Å². The van der Waals surface area contributed by atoms with Crippen molar-refractivity contribution in [2.24, 2.45) is 7.05 Å². The molecule has 20 heavy (non-hydrogen) atoms. The van der Waals surface area contributed by atoms with E-state index in [9.17, 15) is 9.59 Å². The van der Waals surface area contributed by atoms with Gasteiger partial charge in [-0.25, -0.2) is 9.78 Å². The molecule has 0 spiro atoms. The predicted molar refractivity (Wildman–Crippen MR) is 71.5 cm³/mol. The molecule has 0 aliphatic rings. The molecular weight excluding hydrogens is 260 g/mol. The summed E-state index contributed by atoms with van der Waals surface area (Å²) in [4.78, 5) is 27.5. The topological polar surface area (TPSA) is 86.1 Å². The second-order valence-electron chi connectivity index (χ2n) is 4.12. The molecule has 0 bridgehead atoms. The van der Waals surface area contributed by atoms with Gasteiger partial charge in [0.25, 0.3) is 5.91 Å². The van der Waals surface area contributed by atoms with Gasteiger partial charge in [-0.15, -0.1) is 0 Å². The molecule has 2 heterocycles. The van der Waals surface area contributed by atoms with E-state index in [1.165, 1.54) is 17.9 Å². The normalized spacial score (nSPS) is 10.2. The fourth-order valence-electron chi connectivity index (χ4n) is 1.69. The van der Waals surface area contributed by atoms with Crippen molar-refractivity contribution < 1.29 is 14.3 Å². The number of ether oxygens (including phenoxy) is 1. The molecule has 0 aromatic carbocycles. The summed E-state index contributed by atoms with van der Waals surface area (Å²) in [6.45, 7) is 1.70. The van der Waals surface area contributed by atoms with E-state index in [-0.39, 0.29) is 11.6 Å². The Morgan fingerprint density at radius 2 is 2.05 bits per heavy atom. The van der Waals surface area contributed by atoms with Gasteiger partial charge in [0.05, 0.1) is 18.5 Å². The summed E-state index contributed by atoms with van der Waals surface area (Å²) in [5, 5.41) is 6.65. The second kappa shape index (κ2) is 5.52. The van der Waals surface area contributed by atoms with E-state index in [1.807, 2.05) is 0 Å². The summed E-state index contributed by atoms with van der Waals surface area (Å²) in [6.07, 6.45) is 1.54. The molecule has 0 atom stereocenters. The minimum absolute atomic E-state index is 0.198. The molecule has 2 aromatic rings. The quantitative estimate of drug-likeness (QED) is 0.849. The largest absolute Gasteiger partial charge is 0.464 e. The van der Waals surface area contributed by atoms with Crippen molar-refractivity contribution in [2.75, 3.05) is 12.4 Å². The summed E-state index contributed by atoms with van der Waals surface area (Å²) in [6, 6.07) is 4.72. The third-order valence-electron chi connectivity index (χ3n) is 2.78. The molecule has 0 unspecified atom stereocenters. The van der Waals surface area contributed by atoms with E-state index in [0.717, 1.165) is 0 Å². The number of esters is 1. The van der Waals surface area contributed by atoms with E-state index in [1.54, 1.807) is 32.3 Å². The summed E-state index contributed by atoms with van der Waals surface area (Å²) >= 11 is 0. The van der Waals surface area contributed by atoms with E-state index < -0.39 is 5.97 Å². The Morgan fingerprint density at radius 3 is 2.60 bits per heavy atom. The number of nitrogens with zero attached hydrogens (tertiary/aromatic N) is 3. The molecule has 0 saturated carbocycles. The van der Waals surface area contributed by atoms with Crippen LogP contribution in [-0.4, -0.2) is 33.8 Å². The molecule has 1 amide bonds. The summed E-state index contributed by atoms with van der Waals surface area (Å²) in [5.74, 6) is -0.807. The van der Waals surface area contributed by atoms with Crippen LogP contribution in [0.4, 0.5) is 5.69 Å². The zero-order valence-corrected chi connectivity index (χ0v) is 11.4. The summed E-state index contributed by atoms with van der Waals surface area (Å²) in [7, 11) is 2.97. The molecular formula is C13H14N4O3. The highest BCUT2D eigenvalue weighted by Crippen LogP contribution is 2.14. The molecule has 7 heteroatoms. The van der Waals surface area contributed by atoms with Gasteiger partial charge < -0.3 is 10.1 Å². The van der Waals surface area contributed by atoms with Gasteiger partial charge in [-0.05, 0) is 25.1 Å². The lowest BCUT2D eigenvalue weighted by Gasteiger charge is -2.09. The number of anilines is 1. The Hall–Kier alpha value is -2.70. The SMILES string of the molecule is COC(=O)c1ccc(NC(=O)c2ccnn2C)c(C)n1. The minimum Gasteiger partial charge on any atom is -0.464 e. The zero-order valence-electron chi connectivity index (χ0n) is 11.4.